The van der Waals surface area contributed by atoms with Crippen LogP contribution in [0.1, 0.15) is 33.9 Å². The Labute approximate surface area is 214 Å². The lowest BCUT2D eigenvalue weighted by atomic mass is 9.97. The minimum Gasteiger partial charge on any atom is -0.497 e. The van der Waals surface area contributed by atoms with Crippen molar-refractivity contribution in [1.29, 1.82) is 0 Å². The average molecular weight is 511 g/mol. The molecule has 0 aromatic heterocycles. The van der Waals surface area contributed by atoms with E-state index in [9.17, 15) is 4.79 Å². The Kier molecular flexibility index (Phi) is 7.55. The number of hydrogen-bond donors (Lipinski definition) is 0. The summed E-state index contributed by atoms with van der Waals surface area (Å²) in [6, 6.07) is 15.8. The van der Waals surface area contributed by atoms with Gasteiger partial charge in [0.2, 0.25) is 5.75 Å². The molecular formula is C27H27ClN2O6. The van der Waals surface area contributed by atoms with E-state index in [0.29, 0.717) is 40.2 Å². The third-order valence-electron chi connectivity index (χ3n) is 5.97. The topological polar surface area (TPSA) is 78.8 Å². The van der Waals surface area contributed by atoms with Gasteiger partial charge in [0.1, 0.15) is 11.5 Å². The number of rotatable bonds is 8. The van der Waals surface area contributed by atoms with E-state index in [1.54, 1.807) is 38.5 Å². The van der Waals surface area contributed by atoms with Crippen LogP contribution in [0, 0.1) is 0 Å². The maximum atomic E-state index is 13.9. The Bertz CT molecular complexity index is 1290. The highest BCUT2D eigenvalue weighted by molar-refractivity contribution is 6.30. The van der Waals surface area contributed by atoms with Crippen LogP contribution in [0.3, 0.4) is 0 Å². The lowest BCUT2D eigenvalue weighted by Crippen LogP contribution is -2.27. The summed E-state index contributed by atoms with van der Waals surface area (Å²) in [5, 5.41) is 6.79. The Hall–Kier alpha value is -3.91. The van der Waals surface area contributed by atoms with Crippen LogP contribution in [0.15, 0.2) is 59.7 Å². The summed E-state index contributed by atoms with van der Waals surface area (Å²) >= 11 is 6.30. The summed E-state index contributed by atoms with van der Waals surface area (Å²) in [4.78, 5) is 13.9. The molecule has 1 aliphatic heterocycles. The Morgan fingerprint density at radius 3 is 2.14 bits per heavy atom. The molecule has 188 valence electrons. The third-order valence-corrected chi connectivity index (χ3v) is 6.21. The zero-order valence-electron chi connectivity index (χ0n) is 20.7. The minimum absolute atomic E-state index is 0.262. The molecule has 8 nitrogen and oxygen atoms in total. The van der Waals surface area contributed by atoms with Crippen LogP contribution in [0.5, 0.6) is 28.7 Å². The quantitative estimate of drug-likeness (QED) is 0.405. The van der Waals surface area contributed by atoms with Crippen molar-refractivity contribution in [3.8, 4) is 28.7 Å². The first kappa shape index (κ1) is 25.2. The Balaban J connectivity index is 1.83. The summed E-state index contributed by atoms with van der Waals surface area (Å²) in [5.74, 6) is 1.92. The van der Waals surface area contributed by atoms with Crippen molar-refractivity contribution < 1.29 is 28.5 Å². The van der Waals surface area contributed by atoms with E-state index >= 15 is 0 Å². The molecule has 0 saturated carbocycles. The lowest BCUT2D eigenvalue weighted by Gasteiger charge is -2.24. The fourth-order valence-corrected chi connectivity index (χ4v) is 4.41. The first-order valence-electron chi connectivity index (χ1n) is 11.1. The molecule has 0 aliphatic carbocycles. The summed E-state index contributed by atoms with van der Waals surface area (Å²) in [7, 11) is 7.66. The summed E-state index contributed by atoms with van der Waals surface area (Å²) in [6.07, 6.45) is 0.456. The second kappa shape index (κ2) is 10.8. The van der Waals surface area contributed by atoms with Gasteiger partial charge in [-0.25, -0.2) is 5.01 Å². The second-order valence-corrected chi connectivity index (χ2v) is 8.39. The van der Waals surface area contributed by atoms with Gasteiger partial charge in [-0.15, -0.1) is 0 Å². The molecule has 0 N–H and O–H groups in total. The van der Waals surface area contributed by atoms with Gasteiger partial charge in [-0.3, -0.25) is 4.79 Å². The number of hydrogen-bond acceptors (Lipinski definition) is 7. The SMILES string of the molecule is COc1cc(OC)cc(C2=NN(C(=O)c3ccc(OC)c(OC)c3OC)[C@H](c3cccc(Cl)c3)C2)c1. The number of carbonyl (C=O) groups excluding carboxylic acids is 1. The number of nitrogens with zero attached hydrogens (tertiary/aromatic N) is 2. The highest BCUT2D eigenvalue weighted by atomic mass is 35.5. The number of methoxy groups -OCH3 is 5. The Morgan fingerprint density at radius 2 is 1.56 bits per heavy atom. The van der Waals surface area contributed by atoms with Crippen molar-refractivity contribution in [2.75, 3.05) is 35.5 Å². The molecule has 0 saturated heterocycles. The number of hydrazone groups is 1. The summed E-state index contributed by atoms with van der Waals surface area (Å²) < 4.78 is 27.3. The fraction of sp³-hybridized carbons (Fsp3) is 0.259. The van der Waals surface area contributed by atoms with Gasteiger partial charge >= 0.3 is 0 Å². The van der Waals surface area contributed by atoms with Gasteiger partial charge in [-0.1, -0.05) is 23.7 Å². The second-order valence-electron chi connectivity index (χ2n) is 7.95. The molecule has 0 fully saturated rings. The number of amides is 1. The van der Waals surface area contributed by atoms with E-state index in [1.807, 2.05) is 30.3 Å². The molecule has 1 atom stereocenters. The molecule has 0 bridgehead atoms. The van der Waals surface area contributed by atoms with Crippen LogP contribution in [0.4, 0.5) is 0 Å². The van der Waals surface area contributed by atoms with Crippen LogP contribution >= 0.6 is 11.6 Å². The van der Waals surface area contributed by atoms with Crippen LogP contribution in [-0.4, -0.2) is 52.2 Å². The van der Waals surface area contributed by atoms with Crippen LogP contribution in [0.2, 0.25) is 5.02 Å². The molecule has 0 radical (unpaired) electrons. The largest absolute Gasteiger partial charge is 0.497 e. The normalized spacial score (nSPS) is 14.8. The molecule has 0 unspecified atom stereocenters. The van der Waals surface area contributed by atoms with Crippen molar-refractivity contribution in [1.82, 2.24) is 5.01 Å². The van der Waals surface area contributed by atoms with Crippen LogP contribution < -0.4 is 23.7 Å². The first-order chi connectivity index (χ1) is 17.4. The monoisotopic (exact) mass is 510 g/mol. The van der Waals surface area contributed by atoms with Gasteiger partial charge in [0.15, 0.2) is 11.5 Å². The predicted molar refractivity (Wildman–Crippen MR) is 137 cm³/mol. The van der Waals surface area contributed by atoms with Gasteiger partial charge in [-0.05, 0) is 42.0 Å². The molecule has 1 heterocycles. The molecule has 9 heteroatoms. The molecule has 4 rings (SSSR count). The van der Waals surface area contributed by atoms with E-state index < -0.39 is 6.04 Å². The van der Waals surface area contributed by atoms with Crippen LogP contribution in [-0.2, 0) is 0 Å². The molecule has 1 aliphatic rings. The van der Waals surface area contributed by atoms with Crippen LogP contribution in [0.25, 0.3) is 0 Å². The molecule has 3 aromatic carbocycles. The van der Waals surface area contributed by atoms with E-state index in [0.717, 1.165) is 11.1 Å². The maximum Gasteiger partial charge on any atom is 0.278 e. The minimum atomic E-state index is -0.402. The molecule has 36 heavy (non-hydrogen) atoms. The van der Waals surface area contributed by atoms with Gasteiger partial charge in [0.25, 0.3) is 5.91 Å². The van der Waals surface area contributed by atoms with Crippen molar-refractivity contribution in [2.45, 2.75) is 12.5 Å². The van der Waals surface area contributed by atoms with Crippen molar-refractivity contribution in [3.63, 3.8) is 0 Å². The van der Waals surface area contributed by atoms with Crippen molar-refractivity contribution in [3.05, 3.63) is 76.3 Å². The van der Waals surface area contributed by atoms with Gasteiger partial charge in [0, 0.05) is 23.1 Å². The third kappa shape index (κ3) is 4.77. The van der Waals surface area contributed by atoms with Gasteiger partial charge in [0.05, 0.1) is 52.9 Å². The zero-order chi connectivity index (χ0) is 25.8. The fourth-order valence-electron chi connectivity index (χ4n) is 4.21. The van der Waals surface area contributed by atoms with Gasteiger partial charge < -0.3 is 23.7 Å². The smallest absolute Gasteiger partial charge is 0.278 e. The maximum absolute atomic E-state index is 13.9. The average Bonchev–Trinajstić information content (AvgIpc) is 3.37. The lowest BCUT2D eigenvalue weighted by molar-refractivity contribution is 0.0707. The number of carbonyl (C=O) groups is 1. The molecule has 1 amide bonds. The van der Waals surface area contributed by atoms with Crippen molar-refractivity contribution >= 4 is 23.2 Å². The zero-order valence-corrected chi connectivity index (χ0v) is 21.5. The summed E-state index contributed by atoms with van der Waals surface area (Å²) in [6.45, 7) is 0. The number of ether oxygens (including phenoxy) is 5. The van der Waals surface area contributed by atoms with E-state index in [1.165, 1.54) is 26.3 Å². The van der Waals surface area contributed by atoms with E-state index in [4.69, 9.17) is 40.4 Å². The standard InChI is InChI=1S/C27H27ClN2O6/c1-32-19-12-17(13-20(14-19)33-2)22-15-23(16-7-6-8-18(28)11-16)30(29-22)27(31)21-9-10-24(34-3)26(36-5)25(21)35-4/h6-14,23H,15H2,1-5H3/t23-/m0/s1. The predicted octanol–water partition coefficient (Wildman–Crippen LogP) is 5.37. The van der Waals surface area contributed by atoms with E-state index in [2.05, 4.69) is 0 Å². The number of halogens is 1. The van der Waals surface area contributed by atoms with E-state index in [-0.39, 0.29) is 17.2 Å². The molecule has 3 aromatic rings. The highest BCUT2D eigenvalue weighted by Crippen LogP contribution is 2.42. The Morgan fingerprint density at radius 1 is 0.861 bits per heavy atom. The molecular weight excluding hydrogens is 484 g/mol. The van der Waals surface area contributed by atoms with Gasteiger partial charge in [-0.2, -0.15) is 5.10 Å². The first-order valence-corrected chi connectivity index (χ1v) is 11.5. The molecule has 0 spiro atoms. The highest BCUT2D eigenvalue weighted by Gasteiger charge is 2.36. The summed E-state index contributed by atoms with van der Waals surface area (Å²) in [5.41, 5.74) is 2.62. The van der Waals surface area contributed by atoms with Crippen molar-refractivity contribution in [2.24, 2.45) is 5.10 Å². The number of benzene rings is 3.